The highest BCUT2D eigenvalue weighted by Crippen LogP contribution is 2.19. The van der Waals surface area contributed by atoms with E-state index in [-0.39, 0.29) is 5.71 Å². The molecule has 0 bridgehead atoms. The van der Waals surface area contributed by atoms with Gasteiger partial charge >= 0.3 is 0 Å². The lowest BCUT2D eigenvalue weighted by Gasteiger charge is -2.12. The zero-order chi connectivity index (χ0) is 15.9. The summed E-state index contributed by atoms with van der Waals surface area (Å²) >= 11 is 0. The van der Waals surface area contributed by atoms with Crippen LogP contribution in [0.15, 0.2) is 53.7 Å². The third-order valence-electron chi connectivity index (χ3n) is 3.17. The van der Waals surface area contributed by atoms with Gasteiger partial charge in [0.15, 0.2) is 5.71 Å². The summed E-state index contributed by atoms with van der Waals surface area (Å²) in [5.74, 6) is 0.145. The first-order valence-electron chi connectivity index (χ1n) is 6.81. The Kier molecular flexibility index (Phi) is 5.14. The van der Waals surface area contributed by atoms with Gasteiger partial charge in [-0.2, -0.15) is 0 Å². The maximum Gasteiger partial charge on any atom is 0.271 e. The summed E-state index contributed by atoms with van der Waals surface area (Å²) in [6.07, 6.45) is 0. The molecule has 0 aliphatic rings. The summed E-state index contributed by atoms with van der Waals surface area (Å²) in [4.78, 5) is 16.2. The molecule has 1 amide bonds. The number of rotatable bonds is 6. The number of oxime groups is 1. The minimum Gasteiger partial charge on any atom is -0.489 e. The molecule has 114 valence electrons. The molecule has 22 heavy (non-hydrogen) atoms. The third kappa shape index (κ3) is 3.63. The Bertz CT molecular complexity index is 696. The van der Waals surface area contributed by atoms with Crippen LogP contribution in [0.2, 0.25) is 0 Å². The van der Waals surface area contributed by atoms with E-state index in [2.05, 4.69) is 5.16 Å². The number of hydrogen-bond acceptors (Lipinski definition) is 4. The fraction of sp³-hybridized carbons (Fsp3) is 0.176. The number of amides is 1. The minimum absolute atomic E-state index is 0.0754. The average molecular weight is 298 g/mol. The summed E-state index contributed by atoms with van der Waals surface area (Å²) < 4.78 is 5.82. The summed E-state index contributed by atoms with van der Waals surface area (Å²) in [5.41, 5.74) is 7.89. The molecule has 0 aliphatic heterocycles. The predicted molar refractivity (Wildman–Crippen MR) is 84.7 cm³/mol. The second kappa shape index (κ2) is 7.26. The fourth-order valence-electron chi connectivity index (χ4n) is 2.07. The Morgan fingerprint density at radius 3 is 2.50 bits per heavy atom. The number of para-hydroxylation sites is 1. The van der Waals surface area contributed by atoms with Crippen LogP contribution in [-0.4, -0.2) is 18.7 Å². The number of carbonyl (C=O) groups excluding carboxylic acids is 1. The van der Waals surface area contributed by atoms with Crippen LogP contribution >= 0.6 is 0 Å². The molecular weight excluding hydrogens is 280 g/mol. The van der Waals surface area contributed by atoms with E-state index < -0.39 is 5.91 Å². The van der Waals surface area contributed by atoms with E-state index in [1.807, 2.05) is 43.3 Å². The van der Waals surface area contributed by atoms with Gasteiger partial charge < -0.3 is 15.3 Å². The topological polar surface area (TPSA) is 73.9 Å². The van der Waals surface area contributed by atoms with Gasteiger partial charge in [0, 0.05) is 5.56 Å². The highest BCUT2D eigenvalue weighted by Gasteiger charge is 2.15. The van der Waals surface area contributed by atoms with Crippen LogP contribution in [-0.2, 0) is 16.2 Å². The molecule has 0 heterocycles. The summed E-state index contributed by atoms with van der Waals surface area (Å²) in [6.45, 7) is 2.28. The van der Waals surface area contributed by atoms with Gasteiger partial charge in [-0.1, -0.05) is 47.6 Å². The van der Waals surface area contributed by atoms with Crippen molar-refractivity contribution in [1.82, 2.24) is 0 Å². The summed E-state index contributed by atoms with van der Waals surface area (Å²) in [6, 6.07) is 15.0. The van der Waals surface area contributed by atoms with Gasteiger partial charge in [-0.05, 0) is 24.1 Å². The van der Waals surface area contributed by atoms with E-state index in [1.54, 1.807) is 12.1 Å². The van der Waals surface area contributed by atoms with Gasteiger partial charge in [-0.15, -0.1) is 0 Å². The van der Waals surface area contributed by atoms with Gasteiger partial charge in [0.05, 0.1) is 0 Å². The Labute approximate surface area is 129 Å². The number of nitrogens with two attached hydrogens (primary N) is 1. The molecule has 0 atom stereocenters. The molecule has 0 radical (unpaired) electrons. The van der Waals surface area contributed by atoms with E-state index in [0.29, 0.717) is 12.2 Å². The molecule has 0 saturated carbocycles. The molecule has 5 nitrogen and oxygen atoms in total. The van der Waals surface area contributed by atoms with Crippen LogP contribution < -0.4 is 10.5 Å². The maximum atomic E-state index is 11.5. The highest BCUT2D eigenvalue weighted by atomic mass is 16.6. The van der Waals surface area contributed by atoms with Crippen molar-refractivity contribution in [3.8, 4) is 5.75 Å². The maximum absolute atomic E-state index is 11.5. The van der Waals surface area contributed by atoms with E-state index in [0.717, 1.165) is 16.9 Å². The number of ether oxygens (including phenoxy) is 1. The van der Waals surface area contributed by atoms with Crippen molar-refractivity contribution in [2.75, 3.05) is 7.11 Å². The first-order chi connectivity index (χ1) is 10.6. The van der Waals surface area contributed by atoms with Gasteiger partial charge in [-0.3, -0.25) is 4.79 Å². The van der Waals surface area contributed by atoms with Crippen LogP contribution in [0.5, 0.6) is 5.75 Å². The second-order valence-corrected chi connectivity index (χ2v) is 4.70. The summed E-state index contributed by atoms with van der Waals surface area (Å²) in [7, 11) is 1.37. The standard InChI is InChI=1S/C17H18N2O3/c1-12-7-3-6-10-15(12)22-11-13-8-4-5-9-14(13)16(17(18)20)19-21-2/h3-10H,11H2,1-2H3,(H2,18,20). The first kappa shape index (κ1) is 15.6. The summed E-state index contributed by atoms with van der Waals surface area (Å²) in [5, 5.41) is 3.71. The lowest BCUT2D eigenvalue weighted by molar-refractivity contribution is -0.112. The molecule has 0 fully saturated rings. The molecular formula is C17H18N2O3. The van der Waals surface area contributed by atoms with Crippen molar-refractivity contribution in [2.24, 2.45) is 10.9 Å². The molecule has 0 aliphatic carbocycles. The number of aryl methyl sites for hydroxylation is 1. The molecule has 0 unspecified atom stereocenters. The Morgan fingerprint density at radius 1 is 1.14 bits per heavy atom. The smallest absolute Gasteiger partial charge is 0.271 e. The van der Waals surface area contributed by atoms with E-state index in [4.69, 9.17) is 15.3 Å². The molecule has 2 N–H and O–H groups in total. The number of benzene rings is 2. The molecule has 2 aromatic rings. The Balaban J connectivity index is 2.27. The van der Waals surface area contributed by atoms with Gasteiger partial charge in [-0.25, -0.2) is 0 Å². The minimum atomic E-state index is -0.648. The first-order valence-corrected chi connectivity index (χ1v) is 6.81. The van der Waals surface area contributed by atoms with Crippen LogP contribution in [0.3, 0.4) is 0 Å². The second-order valence-electron chi connectivity index (χ2n) is 4.70. The third-order valence-corrected chi connectivity index (χ3v) is 3.17. The van der Waals surface area contributed by atoms with Gasteiger partial charge in [0.2, 0.25) is 0 Å². The number of nitrogens with zero attached hydrogens (tertiary/aromatic N) is 1. The molecule has 0 saturated heterocycles. The fourth-order valence-corrected chi connectivity index (χ4v) is 2.07. The Morgan fingerprint density at radius 2 is 1.82 bits per heavy atom. The van der Waals surface area contributed by atoms with Crippen LogP contribution in [0.25, 0.3) is 0 Å². The largest absolute Gasteiger partial charge is 0.489 e. The highest BCUT2D eigenvalue weighted by molar-refractivity contribution is 6.45. The zero-order valence-electron chi connectivity index (χ0n) is 12.6. The quantitative estimate of drug-likeness (QED) is 0.657. The zero-order valence-corrected chi connectivity index (χ0v) is 12.6. The van der Waals surface area contributed by atoms with Crippen molar-refractivity contribution in [3.63, 3.8) is 0 Å². The van der Waals surface area contributed by atoms with Crippen molar-refractivity contribution in [3.05, 3.63) is 65.2 Å². The normalized spacial score (nSPS) is 11.1. The number of carbonyl (C=O) groups is 1. The number of primary amides is 1. The molecule has 5 heteroatoms. The van der Waals surface area contributed by atoms with Crippen molar-refractivity contribution in [1.29, 1.82) is 0 Å². The monoisotopic (exact) mass is 298 g/mol. The SMILES string of the molecule is CON=C(C(N)=O)c1ccccc1COc1ccccc1C. The average Bonchev–Trinajstić information content (AvgIpc) is 2.52. The van der Waals surface area contributed by atoms with E-state index >= 15 is 0 Å². The molecule has 2 rings (SSSR count). The van der Waals surface area contributed by atoms with Crippen molar-refractivity contribution >= 4 is 11.6 Å². The van der Waals surface area contributed by atoms with E-state index in [9.17, 15) is 4.79 Å². The van der Waals surface area contributed by atoms with Crippen molar-refractivity contribution in [2.45, 2.75) is 13.5 Å². The van der Waals surface area contributed by atoms with E-state index in [1.165, 1.54) is 7.11 Å². The molecule has 0 spiro atoms. The molecule has 0 aromatic heterocycles. The number of hydrogen-bond donors (Lipinski definition) is 1. The van der Waals surface area contributed by atoms with Crippen molar-refractivity contribution < 1.29 is 14.4 Å². The van der Waals surface area contributed by atoms with Gasteiger partial charge in [0.25, 0.3) is 5.91 Å². The van der Waals surface area contributed by atoms with Crippen LogP contribution in [0, 0.1) is 6.92 Å². The van der Waals surface area contributed by atoms with Crippen LogP contribution in [0.4, 0.5) is 0 Å². The van der Waals surface area contributed by atoms with Gasteiger partial charge in [0.1, 0.15) is 19.5 Å². The Hall–Kier alpha value is -2.82. The molecule has 2 aromatic carbocycles. The lowest BCUT2D eigenvalue weighted by Crippen LogP contribution is -2.25. The lowest BCUT2D eigenvalue weighted by atomic mass is 10.0. The predicted octanol–water partition coefficient (Wildman–Crippen LogP) is 2.41. The van der Waals surface area contributed by atoms with Crippen LogP contribution in [0.1, 0.15) is 16.7 Å².